The molecular formula is C15H25ClN2O2. The van der Waals surface area contributed by atoms with E-state index in [-0.39, 0.29) is 5.60 Å². The summed E-state index contributed by atoms with van der Waals surface area (Å²) in [4.78, 5) is 0. The molecular weight excluding hydrogens is 276 g/mol. The first-order chi connectivity index (χ1) is 9.01. The Morgan fingerprint density at radius 3 is 2.40 bits per heavy atom. The van der Waals surface area contributed by atoms with Crippen molar-refractivity contribution in [3.05, 3.63) is 16.4 Å². The molecule has 1 fully saturated rings. The van der Waals surface area contributed by atoms with Gasteiger partial charge in [0.25, 0.3) is 0 Å². The van der Waals surface area contributed by atoms with Crippen LogP contribution in [0.4, 0.5) is 0 Å². The molecule has 1 atom stereocenters. The van der Waals surface area contributed by atoms with Gasteiger partial charge in [-0.2, -0.15) is 5.10 Å². The molecule has 0 bridgehead atoms. The van der Waals surface area contributed by atoms with Crippen LogP contribution in [0.15, 0.2) is 0 Å². The normalized spacial score (nSPS) is 28.0. The summed E-state index contributed by atoms with van der Waals surface area (Å²) in [6, 6.07) is 0. The molecule has 0 saturated carbocycles. The van der Waals surface area contributed by atoms with Crippen molar-refractivity contribution in [2.45, 2.75) is 77.7 Å². The summed E-state index contributed by atoms with van der Waals surface area (Å²) in [7, 11) is 0. The molecule has 2 heterocycles. The number of hydrogen-bond donors (Lipinski definition) is 1. The number of halogens is 1. The summed E-state index contributed by atoms with van der Waals surface area (Å²) in [6.45, 7) is 12.6. The van der Waals surface area contributed by atoms with Crippen molar-refractivity contribution in [1.82, 2.24) is 9.78 Å². The smallest absolute Gasteiger partial charge is 0.101 e. The highest BCUT2D eigenvalue weighted by atomic mass is 35.5. The van der Waals surface area contributed by atoms with E-state index in [1.54, 1.807) is 0 Å². The molecule has 5 heteroatoms. The van der Waals surface area contributed by atoms with E-state index >= 15 is 0 Å². The van der Waals surface area contributed by atoms with Crippen molar-refractivity contribution in [2.24, 2.45) is 0 Å². The molecule has 1 saturated heterocycles. The van der Waals surface area contributed by atoms with Crippen LogP contribution in [0.5, 0.6) is 0 Å². The van der Waals surface area contributed by atoms with E-state index in [1.807, 2.05) is 46.2 Å². The molecule has 2 rings (SSSR count). The number of aryl methyl sites for hydroxylation is 2. The third-order valence-electron chi connectivity index (χ3n) is 4.28. The highest BCUT2D eigenvalue weighted by Crippen LogP contribution is 2.47. The van der Waals surface area contributed by atoms with Gasteiger partial charge in [-0.3, -0.25) is 4.68 Å². The first-order valence-corrected chi connectivity index (χ1v) is 7.53. The predicted octanol–water partition coefficient (Wildman–Crippen LogP) is 3.12. The second-order valence-electron chi connectivity index (χ2n) is 6.92. The maximum atomic E-state index is 11.1. The van der Waals surface area contributed by atoms with Gasteiger partial charge in [-0.15, -0.1) is 0 Å². The Kier molecular flexibility index (Phi) is 3.73. The number of rotatable bonds is 3. The topological polar surface area (TPSA) is 47.3 Å². The van der Waals surface area contributed by atoms with Crippen molar-refractivity contribution in [2.75, 3.05) is 0 Å². The fraction of sp³-hybridized carbons (Fsp3) is 0.800. The molecule has 1 unspecified atom stereocenters. The highest BCUT2D eigenvalue weighted by molar-refractivity contribution is 6.31. The molecule has 0 spiro atoms. The quantitative estimate of drug-likeness (QED) is 0.933. The van der Waals surface area contributed by atoms with E-state index in [0.29, 0.717) is 17.9 Å². The second-order valence-corrected chi connectivity index (χ2v) is 7.30. The SMILES string of the molecule is CCn1nc(C)c(Cl)c1CC1(O)CC(C)(C)OC1(C)C. The van der Waals surface area contributed by atoms with Gasteiger partial charge in [0.15, 0.2) is 0 Å². The van der Waals surface area contributed by atoms with Crippen LogP contribution in [0.3, 0.4) is 0 Å². The summed E-state index contributed by atoms with van der Waals surface area (Å²) >= 11 is 6.36. The van der Waals surface area contributed by atoms with Crippen molar-refractivity contribution < 1.29 is 9.84 Å². The average molecular weight is 301 g/mol. The lowest BCUT2D eigenvalue weighted by molar-refractivity contribution is -0.126. The molecule has 0 radical (unpaired) electrons. The van der Waals surface area contributed by atoms with Crippen LogP contribution < -0.4 is 0 Å². The van der Waals surface area contributed by atoms with E-state index in [4.69, 9.17) is 16.3 Å². The van der Waals surface area contributed by atoms with Crippen molar-refractivity contribution in [3.63, 3.8) is 0 Å². The molecule has 1 N–H and O–H groups in total. The van der Waals surface area contributed by atoms with Gasteiger partial charge in [0, 0.05) is 19.4 Å². The standard InChI is InChI=1S/C15H25ClN2O2/c1-7-18-11(12(16)10(2)17-18)8-15(19)9-13(3,4)20-14(15,5)6/h19H,7-9H2,1-6H3. The van der Waals surface area contributed by atoms with Crippen LogP contribution in [-0.4, -0.2) is 31.7 Å². The Balaban J connectivity index is 2.39. The Labute approximate surface area is 126 Å². The van der Waals surface area contributed by atoms with Gasteiger partial charge in [-0.05, 0) is 41.5 Å². The summed E-state index contributed by atoms with van der Waals surface area (Å²) < 4.78 is 7.89. The Morgan fingerprint density at radius 1 is 1.35 bits per heavy atom. The summed E-state index contributed by atoms with van der Waals surface area (Å²) in [6.07, 6.45) is 1.04. The zero-order chi connectivity index (χ0) is 15.3. The molecule has 1 aromatic heterocycles. The zero-order valence-electron chi connectivity index (χ0n) is 13.2. The second kappa shape index (κ2) is 4.72. The van der Waals surface area contributed by atoms with E-state index in [2.05, 4.69) is 5.10 Å². The van der Waals surface area contributed by atoms with Crippen molar-refractivity contribution in [3.8, 4) is 0 Å². The van der Waals surface area contributed by atoms with Crippen LogP contribution >= 0.6 is 11.6 Å². The molecule has 4 nitrogen and oxygen atoms in total. The molecule has 0 aliphatic carbocycles. The number of aromatic nitrogens is 2. The minimum atomic E-state index is -0.945. The lowest BCUT2D eigenvalue weighted by Crippen LogP contribution is -2.48. The molecule has 1 aromatic rings. The molecule has 1 aliphatic rings. The Hall–Kier alpha value is -0.580. The summed E-state index contributed by atoms with van der Waals surface area (Å²) in [5, 5.41) is 16.2. The largest absolute Gasteiger partial charge is 0.386 e. The third-order valence-corrected chi connectivity index (χ3v) is 4.77. The van der Waals surface area contributed by atoms with Crippen LogP contribution in [0, 0.1) is 6.92 Å². The first-order valence-electron chi connectivity index (χ1n) is 7.16. The van der Waals surface area contributed by atoms with Gasteiger partial charge in [0.1, 0.15) is 5.60 Å². The number of ether oxygens (including phenoxy) is 1. The molecule has 0 aromatic carbocycles. The van der Waals surface area contributed by atoms with Gasteiger partial charge in [0.05, 0.1) is 27.6 Å². The highest BCUT2D eigenvalue weighted by Gasteiger charge is 2.56. The average Bonchev–Trinajstić information content (AvgIpc) is 2.62. The summed E-state index contributed by atoms with van der Waals surface area (Å²) in [5.74, 6) is 0. The maximum Gasteiger partial charge on any atom is 0.101 e. The third kappa shape index (κ3) is 2.49. The van der Waals surface area contributed by atoms with Gasteiger partial charge in [0.2, 0.25) is 0 Å². The molecule has 0 amide bonds. The predicted molar refractivity (Wildman–Crippen MR) is 80.2 cm³/mol. The minimum absolute atomic E-state index is 0.336. The van der Waals surface area contributed by atoms with E-state index in [1.165, 1.54) is 0 Å². The van der Waals surface area contributed by atoms with E-state index in [9.17, 15) is 5.11 Å². The lowest BCUT2D eigenvalue weighted by atomic mass is 9.79. The van der Waals surface area contributed by atoms with Crippen LogP contribution in [0.2, 0.25) is 5.02 Å². The minimum Gasteiger partial charge on any atom is -0.386 e. The van der Waals surface area contributed by atoms with Crippen LogP contribution in [0.25, 0.3) is 0 Å². The van der Waals surface area contributed by atoms with Gasteiger partial charge in [-0.25, -0.2) is 0 Å². The number of hydrogen-bond acceptors (Lipinski definition) is 3. The molecule has 1 aliphatic heterocycles. The first kappa shape index (κ1) is 15.8. The fourth-order valence-corrected chi connectivity index (χ4v) is 3.53. The summed E-state index contributed by atoms with van der Waals surface area (Å²) in [5.41, 5.74) is -0.195. The van der Waals surface area contributed by atoms with Crippen LogP contribution in [0.1, 0.15) is 52.4 Å². The lowest BCUT2D eigenvalue weighted by Gasteiger charge is -2.35. The van der Waals surface area contributed by atoms with Crippen molar-refractivity contribution >= 4 is 11.6 Å². The molecule has 114 valence electrons. The monoisotopic (exact) mass is 300 g/mol. The Bertz CT molecular complexity index is 522. The molecule has 20 heavy (non-hydrogen) atoms. The maximum absolute atomic E-state index is 11.1. The van der Waals surface area contributed by atoms with E-state index in [0.717, 1.165) is 17.9 Å². The van der Waals surface area contributed by atoms with Gasteiger partial charge >= 0.3 is 0 Å². The van der Waals surface area contributed by atoms with Gasteiger partial charge < -0.3 is 9.84 Å². The van der Waals surface area contributed by atoms with Gasteiger partial charge in [-0.1, -0.05) is 11.6 Å². The van der Waals surface area contributed by atoms with Crippen molar-refractivity contribution in [1.29, 1.82) is 0 Å². The number of aliphatic hydroxyl groups is 1. The number of nitrogens with zero attached hydrogens (tertiary/aromatic N) is 2. The Morgan fingerprint density at radius 2 is 1.95 bits per heavy atom. The van der Waals surface area contributed by atoms with E-state index < -0.39 is 11.2 Å². The zero-order valence-corrected chi connectivity index (χ0v) is 14.0. The van der Waals surface area contributed by atoms with Crippen LogP contribution in [-0.2, 0) is 17.7 Å². The fourth-order valence-electron chi connectivity index (χ4n) is 3.33.